The van der Waals surface area contributed by atoms with Gasteiger partial charge < -0.3 is 9.80 Å². The Morgan fingerprint density at radius 1 is 1.58 bits per heavy atom. The van der Waals surface area contributed by atoms with Crippen LogP contribution in [0, 0.1) is 0 Å². The summed E-state index contributed by atoms with van der Waals surface area (Å²) in [5.41, 5.74) is 0. The number of nitrogens with zero attached hydrogens (tertiary/aromatic N) is 3. The van der Waals surface area contributed by atoms with Gasteiger partial charge in [-0.25, -0.2) is 18.5 Å². The van der Waals surface area contributed by atoms with E-state index in [0.717, 1.165) is 24.2 Å². The van der Waals surface area contributed by atoms with Gasteiger partial charge in [-0.1, -0.05) is 11.3 Å². The molecule has 0 radical (unpaired) electrons. The Hall–Kier alpha value is -1.19. The predicted octanol–water partition coefficient (Wildman–Crippen LogP) is -0.152. The first-order chi connectivity index (χ1) is 8.80. The van der Waals surface area contributed by atoms with E-state index < -0.39 is 10.0 Å². The lowest BCUT2D eigenvalue weighted by atomic mass is 10.2. The van der Waals surface area contributed by atoms with Crippen LogP contribution in [-0.2, 0) is 14.8 Å². The number of hydrogen-bond acceptors (Lipinski definition) is 6. The van der Waals surface area contributed by atoms with Crippen molar-refractivity contribution in [2.24, 2.45) is 5.14 Å². The minimum absolute atomic E-state index is 0.00450. The lowest BCUT2D eigenvalue weighted by molar-refractivity contribution is -0.129. The van der Waals surface area contributed by atoms with Gasteiger partial charge in [-0.05, 0) is 12.8 Å². The lowest BCUT2D eigenvalue weighted by Gasteiger charge is -2.25. The Balaban J connectivity index is 2.26. The second-order valence-electron chi connectivity index (χ2n) is 4.59. The summed E-state index contributed by atoms with van der Waals surface area (Å²) >= 11 is 1.00. The van der Waals surface area contributed by atoms with Crippen molar-refractivity contribution in [3.63, 3.8) is 0 Å². The fraction of sp³-hybridized carbons (Fsp3) is 0.600. The number of sulfonamides is 1. The number of carbonyl (C=O) groups is 1. The molecule has 106 valence electrons. The topological polar surface area (TPSA) is 96.6 Å². The summed E-state index contributed by atoms with van der Waals surface area (Å²) < 4.78 is 22.5. The smallest absolute Gasteiger partial charge is 0.249 e. The van der Waals surface area contributed by atoms with E-state index in [1.807, 2.05) is 4.90 Å². The van der Waals surface area contributed by atoms with Gasteiger partial charge in [0.25, 0.3) is 0 Å². The molecule has 0 aliphatic carbocycles. The predicted molar refractivity (Wildman–Crippen MR) is 72.5 cm³/mol. The Bertz CT molecular complexity index is 581. The number of primary sulfonamides is 1. The van der Waals surface area contributed by atoms with E-state index in [2.05, 4.69) is 4.98 Å². The quantitative estimate of drug-likeness (QED) is 0.837. The van der Waals surface area contributed by atoms with Crippen molar-refractivity contribution >= 4 is 32.4 Å². The van der Waals surface area contributed by atoms with E-state index in [4.69, 9.17) is 5.14 Å². The summed E-state index contributed by atoms with van der Waals surface area (Å²) in [6, 6.07) is -0.269. The molecule has 19 heavy (non-hydrogen) atoms. The normalized spacial score (nSPS) is 19.7. The summed E-state index contributed by atoms with van der Waals surface area (Å²) in [7, 11) is -0.322. The number of anilines is 1. The number of thiazole rings is 1. The van der Waals surface area contributed by atoms with Crippen LogP contribution in [0.5, 0.6) is 0 Å². The molecule has 0 spiro atoms. The van der Waals surface area contributed by atoms with Gasteiger partial charge in [-0.3, -0.25) is 4.79 Å². The lowest BCUT2D eigenvalue weighted by Crippen LogP contribution is -2.42. The van der Waals surface area contributed by atoms with E-state index in [1.54, 1.807) is 14.1 Å². The molecule has 7 nitrogen and oxygen atoms in total. The van der Waals surface area contributed by atoms with Crippen LogP contribution in [0.4, 0.5) is 5.13 Å². The van der Waals surface area contributed by atoms with Crippen molar-refractivity contribution in [2.75, 3.05) is 25.5 Å². The molecule has 1 saturated heterocycles. The van der Waals surface area contributed by atoms with Crippen LogP contribution in [0.25, 0.3) is 0 Å². The third kappa shape index (κ3) is 2.88. The molecule has 1 aromatic rings. The Morgan fingerprint density at radius 2 is 2.26 bits per heavy atom. The molecule has 0 saturated carbocycles. The number of nitrogens with two attached hydrogens (primary N) is 1. The number of likely N-dealkylation sites (N-methyl/N-ethyl adjacent to an activating group) is 1. The molecular formula is C10H16N4O3S2. The summed E-state index contributed by atoms with van der Waals surface area (Å²) in [5, 5.41) is 5.59. The van der Waals surface area contributed by atoms with Crippen molar-refractivity contribution < 1.29 is 13.2 Å². The molecule has 1 aliphatic heterocycles. The van der Waals surface area contributed by atoms with Crippen LogP contribution in [0.3, 0.4) is 0 Å². The fourth-order valence-electron chi connectivity index (χ4n) is 2.07. The highest BCUT2D eigenvalue weighted by atomic mass is 32.2. The van der Waals surface area contributed by atoms with Gasteiger partial charge in [0.15, 0.2) is 9.34 Å². The highest BCUT2D eigenvalue weighted by Gasteiger charge is 2.33. The molecule has 2 N–H and O–H groups in total. The zero-order valence-electron chi connectivity index (χ0n) is 10.7. The van der Waals surface area contributed by atoms with Crippen LogP contribution < -0.4 is 10.0 Å². The van der Waals surface area contributed by atoms with Gasteiger partial charge in [0.1, 0.15) is 6.04 Å². The molecule has 1 unspecified atom stereocenters. The fourth-order valence-corrected chi connectivity index (χ4v) is 3.68. The van der Waals surface area contributed by atoms with Gasteiger partial charge in [0.2, 0.25) is 15.9 Å². The molecule has 0 aromatic carbocycles. The highest BCUT2D eigenvalue weighted by Crippen LogP contribution is 2.31. The largest absolute Gasteiger partial charge is 0.347 e. The number of rotatable bonds is 3. The summed E-state index contributed by atoms with van der Waals surface area (Å²) in [6.07, 6.45) is 2.88. The first-order valence-corrected chi connectivity index (χ1v) is 8.13. The Morgan fingerprint density at radius 3 is 2.79 bits per heavy atom. The molecule has 2 rings (SSSR count). The number of aromatic nitrogens is 1. The standard InChI is InChI=1S/C10H16N4O3S2/c1-13(2)9(15)7-4-3-5-14(7)10-12-6-8(18-10)19(11,16)17/h6-7H,3-5H2,1-2H3,(H2,11,16,17). The number of amides is 1. The average molecular weight is 304 g/mol. The van der Waals surface area contributed by atoms with Gasteiger partial charge in [-0.2, -0.15) is 0 Å². The summed E-state index contributed by atoms with van der Waals surface area (Å²) in [5.74, 6) is 0.00450. The molecule has 9 heteroatoms. The van der Waals surface area contributed by atoms with Crippen molar-refractivity contribution in [3.05, 3.63) is 6.20 Å². The minimum Gasteiger partial charge on any atom is -0.347 e. The first kappa shape index (κ1) is 14.2. The molecule has 0 bridgehead atoms. The first-order valence-electron chi connectivity index (χ1n) is 5.77. The Labute approximate surface area is 116 Å². The van der Waals surface area contributed by atoms with Gasteiger partial charge >= 0.3 is 0 Å². The zero-order chi connectivity index (χ0) is 14.2. The molecule has 2 heterocycles. The molecule has 1 aromatic heterocycles. The summed E-state index contributed by atoms with van der Waals surface area (Å²) in [6.45, 7) is 0.696. The van der Waals surface area contributed by atoms with Crippen molar-refractivity contribution in [1.29, 1.82) is 0 Å². The molecular weight excluding hydrogens is 288 g/mol. The number of hydrogen-bond donors (Lipinski definition) is 1. The van der Waals surface area contributed by atoms with Crippen LogP contribution in [-0.4, -0.2) is 50.9 Å². The maximum Gasteiger partial charge on any atom is 0.249 e. The van der Waals surface area contributed by atoms with E-state index in [9.17, 15) is 13.2 Å². The minimum atomic E-state index is -3.73. The Kier molecular flexibility index (Phi) is 3.79. The molecule has 1 aliphatic rings. The van der Waals surface area contributed by atoms with Gasteiger partial charge in [0.05, 0.1) is 6.20 Å². The van der Waals surface area contributed by atoms with E-state index in [-0.39, 0.29) is 16.2 Å². The average Bonchev–Trinajstić information content (AvgIpc) is 2.95. The third-order valence-electron chi connectivity index (χ3n) is 2.98. The number of carbonyl (C=O) groups excluding carboxylic acids is 1. The van der Waals surface area contributed by atoms with E-state index in [0.29, 0.717) is 11.7 Å². The van der Waals surface area contributed by atoms with Crippen molar-refractivity contribution in [3.8, 4) is 0 Å². The molecule has 1 atom stereocenters. The third-order valence-corrected chi connectivity index (χ3v) is 5.42. The maximum absolute atomic E-state index is 12.1. The van der Waals surface area contributed by atoms with Crippen molar-refractivity contribution in [1.82, 2.24) is 9.88 Å². The highest BCUT2D eigenvalue weighted by molar-refractivity contribution is 7.91. The van der Waals surface area contributed by atoms with Gasteiger partial charge in [0, 0.05) is 20.6 Å². The second-order valence-corrected chi connectivity index (χ2v) is 7.39. The monoisotopic (exact) mass is 304 g/mol. The van der Waals surface area contributed by atoms with E-state index in [1.165, 1.54) is 11.1 Å². The molecule has 1 fully saturated rings. The maximum atomic E-state index is 12.1. The van der Waals surface area contributed by atoms with Crippen LogP contribution in [0.15, 0.2) is 10.4 Å². The van der Waals surface area contributed by atoms with Crippen LogP contribution in [0.1, 0.15) is 12.8 Å². The van der Waals surface area contributed by atoms with Crippen LogP contribution >= 0.6 is 11.3 Å². The van der Waals surface area contributed by atoms with E-state index >= 15 is 0 Å². The van der Waals surface area contributed by atoms with Crippen LogP contribution in [0.2, 0.25) is 0 Å². The second kappa shape index (κ2) is 5.06. The van der Waals surface area contributed by atoms with Gasteiger partial charge in [-0.15, -0.1) is 0 Å². The molecule has 1 amide bonds. The SMILES string of the molecule is CN(C)C(=O)C1CCCN1c1ncc(S(N)(=O)=O)s1. The summed E-state index contributed by atoms with van der Waals surface area (Å²) in [4.78, 5) is 19.5. The van der Waals surface area contributed by atoms with Crippen molar-refractivity contribution in [2.45, 2.75) is 23.1 Å². The zero-order valence-corrected chi connectivity index (χ0v) is 12.4.